The van der Waals surface area contributed by atoms with Crippen LogP contribution in [0.5, 0.6) is 0 Å². The second-order valence-corrected chi connectivity index (χ2v) is 6.98. The van der Waals surface area contributed by atoms with Crippen LogP contribution in [0.1, 0.15) is 33.0 Å². The zero-order chi connectivity index (χ0) is 21.1. The van der Waals surface area contributed by atoms with E-state index < -0.39 is 23.6 Å². The van der Waals surface area contributed by atoms with Gasteiger partial charge in [0.25, 0.3) is 0 Å². The molecule has 1 amide bonds. The number of halogens is 2. The Morgan fingerprint density at radius 2 is 1.79 bits per heavy atom. The van der Waals surface area contributed by atoms with Crippen molar-refractivity contribution < 1.29 is 19.1 Å². The number of hydrogen-bond donors (Lipinski definition) is 3. The number of primary amides is 1. The lowest BCUT2D eigenvalue weighted by molar-refractivity contribution is -0.137. The Morgan fingerprint density at radius 1 is 1.10 bits per heavy atom. The predicted octanol–water partition coefficient (Wildman–Crippen LogP) is 4.85. The van der Waals surface area contributed by atoms with Crippen LogP contribution in [-0.2, 0) is 4.79 Å². The lowest BCUT2D eigenvalue weighted by Gasteiger charge is -2.20. The van der Waals surface area contributed by atoms with Gasteiger partial charge in [0.15, 0.2) is 0 Å². The normalized spacial score (nSPS) is 11.7. The molecule has 1 atom stereocenters. The minimum absolute atomic E-state index is 0.0625. The Labute approximate surface area is 171 Å². The van der Waals surface area contributed by atoms with E-state index in [2.05, 4.69) is 5.32 Å². The van der Waals surface area contributed by atoms with Gasteiger partial charge in [-0.2, -0.15) is 0 Å². The number of carboxylic acids is 1. The van der Waals surface area contributed by atoms with Crippen molar-refractivity contribution in [2.24, 2.45) is 5.73 Å². The van der Waals surface area contributed by atoms with Gasteiger partial charge in [0.1, 0.15) is 11.7 Å². The molecule has 0 saturated heterocycles. The molecule has 0 bridgehead atoms. The highest BCUT2D eigenvalue weighted by Crippen LogP contribution is 2.36. The number of benzene rings is 3. The maximum absolute atomic E-state index is 14.2. The van der Waals surface area contributed by atoms with Crippen molar-refractivity contribution in [3.8, 4) is 0 Å². The van der Waals surface area contributed by atoms with E-state index in [0.29, 0.717) is 16.8 Å². The first-order valence-electron chi connectivity index (χ1n) is 8.72. The van der Waals surface area contributed by atoms with Crippen LogP contribution in [0.25, 0.3) is 0 Å². The summed E-state index contributed by atoms with van der Waals surface area (Å²) in [6.45, 7) is 1.83. The maximum atomic E-state index is 14.2. The molecule has 5 nitrogen and oxygen atoms in total. The van der Waals surface area contributed by atoms with Gasteiger partial charge >= 0.3 is 5.97 Å². The predicted molar refractivity (Wildman–Crippen MR) is 110 cm³/mol. The van der Waals surface area contributed by atoms with Crippen LogP contribution in [0.3, 0.4) is 0 Å². The molecule has 0 fully saturated rings. The Balaban J connectivity index is 2.10. The number of carboxylic acid groups (broad SMARTS) is 1. The summed E-state index contributed by atoms with van der Waals surface area (Å²) in [4.78, 5) is 23.4. The van der Waals surface area contributed by atoms with Crippen molar-refractivity contribution in [1.29, 1.82) is 0 Å². The summed E-state index contributed by atoms with van der Waals surface area (Å²) in [5.74, 6) is -3.30. The van der Waals surface area contributed by atoms with Crippen molar-refractivity contribution in [3.05, 3.63) is 93.8 Å². The third-order valence-corrected chi connectivity index (χ3v) is 4.83. The lowest BCUT2D eigenvalue weighted by Crippen LogP contribution is -2.16. The molecule has 0 aliphatic carbocycles. The number of para-hydroxylation sites is 1. The SMILES string of the molecule is Cc1ccc(Nc2c(F)cccc2Cl)c(C(C(=O)O)c2ccc(C(N)=O)cc2)c1. The van der Waals surface area contributed by atoms with Crippen LogP contribution in [-0.4, -0.2) is 17.0 Å². The summed E-state index contributed by atoms with van der Waals surface area (Å²) in [5.41, 5.74) is 7.73. The largest absolute Gasteiger partial charge is 0.481 e. The Hall–Kier alpha value is -3.38. The number of carbonyl (C=O) groups is 2. The Kier molecular flexibility index (Phi) is 5.84. The van der Waals surface area contributed by atoms with E-state index in [4.69, 9.17) is 17.3 Å². The second kappa shape index (κ2) is 8.32. The molecule has 0 radical (unpaired) electrons. The summed E-state index contributed by atoms with van der Waals surface area (Å²) >= 11 is 6.11. The van der Waals surface area contributed by atoms with Crippen LogP contribution >= 0.6 is 11.6 Å². The van der Waals surface area contributed by atoms with Gasteiger partial charge in [0.05, 0.1) is 10.7 Å². The molecule has 3 aromatic carbocycles. The van der Waals surface area contributed by atoms with Gasteiger partial charge in [0, 0.05) is 11.3 Å². The van der Waals surface area contributed by atoms with E-state index in [0.717, 1.165) is 5.56 Å². The molecular formula is C22H18ClFN2O3. The second-order valence-electron chi connectivity index (χ2n) is 6.57. The number of rotatable bonds is 6. The van der Waals surface area contributed by atoms with Crippen molar-refractivity contribution in [2.45, 2.75) is 12.8 Å². The molecule has 0 aliphatic rings. The van der Waals surface area contributed by atoms with E-state index in [9.17, 15) is 19.1 Å². The molecule has 0 heterocycles. The van der Waals surface area contributed by atoms with Gasteiger partial charge in [-0.05, 0) is 48.4 Å². The Morgan fingerprint density at radius 3 is 2.38 bits per heavy atom. The zero-order valence-corrected chi connectivity index (χ0v) is 16.2. The fraction of sp³-hybridized carbons (Fsp3) is 0.0909. The van der Waals surface area contributed by atoms with Gasteiger partial charge in [-0.15, -0.1) is 0 Å². The number of nitrogens with one attached hydrogen (secondary N) is 1. The third-order valence-electron chi connectivity index (χ3n) is 4.52. The van der Waals surface area contributed by atoms with E-state index in [-0.39, 0.29) is 16.3 Å². The molecule has 1 unspecified atom stereocenters. The molecule has 7 heteroatoms. The smallest absolute Gasteiger partial charge is 0.315 e. The van der Waals surface area contributed by atoms with Crippen LogP contribution in [0.15, 0.2) is 60.7 Å². The zero-order valence-electron chi connectivity index (χ0n) is 15.4. The van der Waals surface area contributed by atoms with Crippen LogP contribution in [0, 0.1) is 12.7 Å². The highest BCUT2D eigenvalue weighted by atomic mass is 35.5. The summed E-state index contributed by atoms with van der Waals surface area (Å²) in [7, 11) is 0. The fourth-order valence-electron chi connectivity index (χ4n) is 3.08. The highest BCUT2D eigenvalue weighted by molar-refractivity contribution is 6.33. The molecule has 0 spiro atoms. The number of carbonyl (C=O) groups excluding carboxylic acids is 1. The molecule has 0 aromatic heterocycles. The third kappa shape index (κ3) is 4.38. The first kappa shape index (κ1) is 20.4. The first-order valence-corrected chi connectivity index (χ1v) is 9.10. The van der Waals surface area contributed by atoms with Crippen LogP contribution in [0.4, 0.5) is 15.8 Å². The van der Waals surface area contributed by atoms with E-state index >= 15 is 0 Å². The van der Waals surface area contributed by atoms with Crippen molar-refractivity contribution >= 4 is 34.9 Å². The number of aryl methyl sites for hydroxylation is 1. The molecule has 3 aromatic rings. The number of anilines is 2. The topological polar surface area (TPSA) is 92.4 Å². The molecular weight excluding hydrogens is 395 g/mol. The van der Waals surface area contributed by atoms with Crippen LogP contribution < -0.4 is 11.1 Å². The number of amides is 1. The summed E-state index contributed by atoms with van der Waals surface area (Å²) in [5, 5.41) is 13.0. The van der Waals surface area contributed by atoms with Gasteiger partial charge in [0.2, 0.25) is 5.91 Å². The van der Waals surface area contributed by atoms with Gasteiger partial charge < -0.3 is 16.2 Å². The van der Waals surface area contributed by atoms with Gasteiger partial charge in [-0.25, -0.2) is 4.39 Å². The van der Waals surface area contributed by atoms with Crippen LogP contribution in [0.2, 0.25) is 5.02 Å². The minimum Gasteiger partial charge on any atom is -0.481 e. The van der Waals surface area contributed by atoms with E-state index in [1.54, 1.807) is 30.3 Å². The quantitative estimate of drug-likeness (QED) is 0.539. The summed E-state index contributed by atoms with van der Waals surface area (Å²) < 4.78 is 14.2. The number of nitrogens with two attached hydrogens (primary N) is 1. The van der Waals surface area contributed by atoms with Crippen molar-refractivity contribution in [2.75, 3.05) is 5.32 Å². The fourth-order valence-corrected chi connectivity index (χ4v) is 3.29. The molecule has 3 rings (SSSR count). The lowest BCUT2D eigenvalue weighted by atomic mass is 9.88. The standard InChI is InChI=1S/C22H18ClFN2O3/c1-12-5-10-18(26-20-16(23)3-2-4-17(20)24)15(11-12)19(22(28)29)13-6-8-14(9-7-13)21(25)27/h2-11,19,26H,1H3,(H2,25,27)(H,28,29). The number of aliphatic carboxylic acids is 1. The van der Waals surface area contributed by atoms with E-state index in [1.807, 2.05) is 6.92 Å². The van der Waals surface area contributed by atoms with Crippen molar-refractivity contribution in [1.82, 2.24) is 0 Å². The summed E-state index contributed by atoms with van der Waals surface area (Å²) in [6.07, 6.45) is 0. The monoisotopic (exact) mass is 412 g/mol. The van der Waals surface area contributed by atoms with Gasteiger partial charge in [-0.1, -0.05) is 47.5 Å². The molecule has 0 saturated carbocycles. The van der Waals surface area contributed by atoms with Gasteiger partial charge in [-0.3, -0.25) is 9.59 Å². The molecule has 4 N–H and O–H groups in total. The maximum Gasteiger partial charge on any atom is 0.315 e. The average Bonchev–Trinajstić information content (AvgIpc) is 2.66. The number of hydrogen-bond acceptors (Lipinski definition) is 3. The van der Waals surface area contributed by atoms with Crippen molar-refractivity contribution in [3.63, 3.8) is 0 Å². The molecule has 0 aliphatic heterocycles. The minimum atomic E-state index is -1.09. The van der Waals surface area contributed by atoms with E-state index in [1.165, 1.54) is 30.3 Å². The highest BCUT2D eigenvalue weighted by Gasteiger charge is 2.26. The molecule has 29 heavy (non-hydrogen) atoms. The molecule has 148 valence electrons. The Bertz CT molecular complexity index is 1060. The average molecular weight is 413 g/mol. The first-order chi connectivity index (χ1) is 13.8. The summed E-state index contributed by atoms with van der Waals surface area (Å²) in [6, 6.07) is 15.5.